The van der Waals surface area contributed by atoms with Crippen molar-refractivity contribution in [3.63, 3.8) is 0 Å². The van der Waals surface area contributed by atoms with Gasteiger partial charge in [0.2, 0.25) is 0 Å². The van der Waals surface area contributed by atoms with E-state index in [1.54, 1.807) is 0 Å². The highest BCUT2D eigenvalue weighted by Crippen LogP contribution is 2.28. The molecule has 0 fully saturated rings. The third-order valence-electron chi connectivity index (χ3n) is 2.80. The first-order chi connectivity index (χ1) is 6.81. The fourth-order valence-electron chi connectivity index (χ4n) is 1.88. The van der Waals surface area contributed by atoms with Crippen molar-refractivity contribution < 1.29 is 9.84 Å². The van der Waals surface area contributed by atoms with Crippen molar-refractivity contribution in [3.05, 3.63) is 29.8 Å². The minimum absolute atomic E-state index is 0.0186. The summed E-state index contributed by atoms with van der Waals surface area (Å²) in [5, 5.41) is 9.68. The molecule has 0 aliphatic carbocycles. The van der Waals surface area contributed by atoms with Crippen LogP contribution >= 0.6 is 0 Å². The Labute approximate surface area is 84.5 Å². The molecule has 1 aliphatic rings. The Morgan fingerprint density at radius 1 is 1.50 bits per heavy atom. The zero-order valence-corrected chi connectivity index (χ0v) is 8.44. The highest BCUT2D eigenvalue weighted by molar-refractivity contribution is 5.35. The van der Waals surface area contributed by atoms with E-state index >= 15 is 0 Å². The molecule has 2 heteroatoms. The SMILES string of the molecule is CC[C@@H](O)[C@@H]1CCc2ccccc2O1. The molecule has 2 atom stereocenters. The molecule has 1 aromatic carbocycles. The van der Waals surface area contributed by atoms with Crippen LogP contribution in [0.2, 0.25) is 0 Å². The van der Waals surface area contributed by atoms with E-state index in [2.05, 4.69) is 6.07 Å². The van der Waals surface area contributed by atoms with E-state index in [1.165, 1.54) is 5.56 Å². The van der Waals surface area contributed by atoms with Gasteiger partial charge < -0.3 is 9.84 Å². The predicted octanol–water partition coefficient (Wildman–Crippen LogP) is 2.15. The molecule has 1 aromatic rings. The van der Waals surface area contributed by atoms with Crippen molar-refractivity contribution in [1.29, 1.82) is 0 Å². The van der Waals surface area contributed by atoms with Crippen LogP contribution in [0.15, 0.2) is 24.3 Å². The van der Waals surface area contributed by atoms with Gasteiger partial charge in [0.1, 0.15) is 11.9 Å². The van der Waals surface area contributed by atoms with Crippen molar-refractivity contribution in [2.75, 3.05) is 0 Å². The van der Waals surface area contributed by atoms with Crippen LogP contribution in [0.1, 0.15) is 25.3 Å². The summed E-state index contributed by atoms with van der Waals surface area (Å²) in [6.07, 6.45) is 2.34. The molecule has 2 nitrogen and oxygen atoms in total. The smallest absolute Gasteiger partial charge is 0.125 e. The molecule has 1 aliphatic heterocycles. The van der Waals surface area contributed by atoms with Gasteiger partial charge in [0.05, 0.1) is 6.10 Å². The number of aryl methyl sites for hydroxylation is 1. The molecule has 0 saturated heterocycles. The summed E-state index contributed by atoms with van der Waals surface area (Å²) in [4.78, 5) is 0. The van der Waals surface area contributed by atoms with E-state index in [0.29, 0.717) is 0 Å². The first-order valence-corrected chi connectivity index (χ1v) is 5.24. The maximum Gasteiger partial charge on any atom is 0.125 e. The van der Waals surface area contributed by atoms with Gasteiger partial charge in [-0.3, -0.25) is 0 Å². The van der Waals surface area contributed by atoms with E-state index in [4.69, 9.17) is 4.74 Å². The van der Waals surface area contributed by atoms with Crippen LogP contribution in [0.25, 0.3) is 0 Å². The topological polar surface area (TPSA) is 29.5 Å². The molecule has 14 heavy (non-hydrogen) atoms. The van der Waals surface area contributed by atoms with Gasteiger partial charge in [-0.25, -0.2) is 0 Å². The Balaban J connectivity index is 2.13. The van der Waals surface area contributed by atoms with Crippen molar-refractivity contribution in [2.24, 2.45) is 0 Å². The van der Waals surface area contributed by atoms with Crippen LogP contribution in [0.4, 0.5) is 0 Å². The second kappa shape index (κ2) is 4.01. The molecule has 0 radical (unpaired) electrons. The fourth-order valence-corrected chi connectivity index (χ4v) is 1.88. The van der Waals surface area contributed by atoms with Gasteiger partial charge in [0.25, 0.3) is 0 Å². The number of hydrogen-bond acceptors (Lipinski definition) is 2. The molecule has 0 aromatic heterocycles. The number of rotatable bonds is 2. The minimum atomic E-state index is -0.330. The lowest BCUT2D eigenvalue weighted by Gasteiger charge is -2.28. The highest BCUT2D eigenvalue weighted by Gasteiger charge is 2.24. The lowest BCUT2D eigenvalue weighted by atomic mass is 9.98. The number of benzene rings is 1. The number of hydrogen-bond donors (Lipinski definition) is 1. The predicted molar refractivity (Wildman–Crippen MR) is 55.5 cm³/mol. The third-order valence-corrected chi connectivity index (χ3v) is 2.80. The Kier molecular flexibility index (Phi) is 2.73. The average Bonchev–Trinajstić information content (AvgIpc) is 2.27. The largest absolute Gasteiger partial charge is 0.487 e. The maximum atomic E-state index is 9.68. The van der Waals surface area contributed by atoms with Gasteiger partial charge in [0, 0.05) is 0 Å². The van der Waals surface area contributed by atoms with Gasteiger partial charge >= 0.3 is 0 Å². The lowest BCUT2D eigenvalue weighted by Crippen LogP contribution is -2.34. The number of fused-ring (bicyclic) bond motifs is 1. The summed E-state index contributed by atoms with van der Waals surface area (Å²) in [5.41, 5.74) is 1.26. The quantitative estimate of drug-likeness (QED) is 0.778. The van der Waals surface area contributed by atoms with Gasteiger partial charge in [-0.2, -0.15) is 0 Å². The Morgan fingerprint density at radius 2 is 2.29 bits per heavy atom. The number of ether oxygens (including phenoxy) is 1. The number of para-hydroxylation sites is 1. The first kappa shape index (κ1) is 9.53. The van der Waals surface area contributed by atoms with Crippen molar-refractivity contribution in [3.8, 4) is 5.75 Å². The summed E-state index contributed by atoms with van der Waals surface area (Å²) in [6.45, 7) is 1.98. The van der Waals surface area contributed by atoms with Crippen LogP contribution in [0, 0.1) is 0 Å². The summed E-state index contributed by atoms with van der Waals surface area (Å²) >= 11 is 0. The zero-order valence-electron chi connectivity index (χ0n) is 8.44. The summed E-state index contributed by atoms with van der Waals surface area (Å²) in [5.74, 6) is 0.941. The zero-order chi connectivity index (χ0) is 9.97. The highest BCUT2D eigenvalue weighted by atomic mass is 16.5. The van der Waals surface area contributed by atoms with E-state index < -0.39 is 0 Å². The molecule has 1 heterocycles. The van der Waals surface area contributed by atoms with Crippen LogP contribution in [0.3, 0.4) is 0 Å². The Bertz CT molecular complexity index is 309. The summed E-state index contributed by atoms with van der Waals surface area (Å²) < 4.78 is 5.73. The van der Waals surface area contributed by atoms with Crippen molar-refractivity contribution in [2.45, 2.75) is 38.4 Å². The maximum absolute atomic E-state index is 9.68. The van der Waals surface area contributed by atoms with Gasteiger partial charge in [-0.15, -0.1) is 0 Å². The average molecular weight is 192 g/mol. The Hall–Kier alpha value is -1.02. The van der Waals surface area contributed by atoms with E-state index in [1.807, 2.05) is 25.1 Å². The Morgan fingerprint density at radius 3 is 3.07 bits per heavy atom. The minimum Gasteiger partial charge on any atom is -0.487 e. The van der Waals surface area contributed by atoms with Gasteiger partial charge in [-0.1, -0.05) is 25.1 Å². The molecule has 1 N–H and O–H groups in total. The summed E-state index contributed by atoms with van der Waals surface area (Å²) in [7, 11) is 0. The molecule has 0 saturated carbocycles. The van der Waals surface area contributed by atoms with Crippen LogP contribution in [-0.4, -0.2) is 17.3 Å². The fraction of sp³-hybridized carbons (Fsp3) is 0.500. The monoisotopic (exact) mass is 192 g/mol. The van der Waals surface area contributed by atoms with E-state index in [0.717, 1.165) is 25.0 Å². The second-order valence-corrected chi connectivity index (χ2v) is 3.78. The normalized spacial score (nSPS) is 22.3. The molecule has 76 valence electrons. The number of aliphatic hydroxyl groups excluding tert-OH is 1. The molecule has 0 bridgehead atoms. The van der Waals surface area contributed by atoms with Gasteiger partial charge in [0.15, 0.2) is 0 Å². The molecule has 2 rings (SSSR count). The van der Waals surface area contributed by atoms with Crippen molar-refractivity contribution >= 4 is 0 Å². The van der Waals surface area contributed by atoms with Crippen LogP contribution in [-0.2, 0) is 6.42 Å². The van der Waals surface area contributed by atoms with Crippen molar-refractivity contribution in [1.82, 2.24) is 0 Å². The standard InChI is InChI=1S/C12H16O2/c1-2-10(13)12-8-7-9-5-3-4-6-11(9)14-12/h3-6,10,12-13H,2,7-8H2,1H3/t10-,12+/m1/s1. The summed E-state index contributed by atoms with van der Waals surface area (Å²) in [6, 6.07) is 8.06. The van der Waals surface area contributed by atoms with Crippen LogP contribution < -0.4 is 4.74 Å². The third kappa shape index (κ3) is 1.75. The second-order valence-electron chi connectivity index (χ2n) is 3.78. The van der Waals surface area contributed by atoms with E-state index in [9.17, 15) is 5.11 Å². The van der Waals surface area contributed by atoms with Crippen LogP contribution in [0.5, 0.6) is 5.75 Å². The first-order valence-electron chi connectivity index (χ1n) is 5.24. The van der Waals surface area contributed by atoms with Gasteiger partial charge in [-0.05, 0) is 30.9 Å². The molecule has 0 spiro atoms. The lowest BCUT2D eigenvalue weighted by molar-refractivity contribution is 0.0220. The number of aliphatic hydroxyl groups is 1. The molecular weight excluding hydrogens is 176 g/mol. The molecule has 0 amide bonds. The van der Waals surface area contributed by atoms with E-state index in [-0.39, 0.29) is 12.2 Å². The molecular formula is C12H16O2. The molecule has 0 unspecified atom stereocenters.